The molecular weight excluding hydrogens is 376 g/mol. The topological polar surface area (TPSA) is 60.9 Å². The minimum absolute atomic E-state index is 0. The highest BCUT2D eigenvalue weighted by Crippen LogP contribution is 2.21. The zero-order valence-electron chi connectivity index (χ0n) is 14.1. The Labute approximate surface area is 161 Å². The van der Waals surface area contributed by atoms with Gasteiger partial charge in [0.25, 0.3) is 5.56 Å². The van der Waals surface area contributed by atoms with Crippen molar-refractivity contribution in [1.29, 1.82) is 0 Å². The molecule has 4 nitrogen and oxygen atoms in total. The van der Waals surface area contributed by atoms with E-state index in [4.69, 9.17) is 17.3 Å². The van der Waals surface area contributed by atoms with Crippen LogP contribution in [0.5, 0.6) is 0 Å². The largest absolute Gasteiger partial charge is 0.326 e. The van der Waals surface area contributed by atoms with Gasteiger partial charge < -0.3 is 5.73 Å². The van der Waals surface area contributed by atoms with Crippen LogP contribution in [0.25, 0.3) is 11.3 Å². The second-order valence-electron chi connectivity index (χ2n) is 5.78. The van der Waals surface area contributed by atoms with Gasteiger partial charge in [-0.3, -0.25) is 4.79 Å². The summed E-state index contributed by atoms with van der Waals surface area (Å²) in [6.45, 7) is 2.08. The molecule has 3 aromatic rings. The number of rotatable bonds is 4. The monoisotopic (exact) mass is 393 g/mol. The molecule has 3 rings (SSSR count). The molecule has 0 saturated heterocycles. The van der Waals surface area contributed by atoms with E-state index < -0.39 is 0 Å². The molecule has 0 radical (unpaired) electrons. The Kier molecular flexibility index (Phi) is 6.53. The van der Waals surface area contributed by atoms with E-state index in [0.717, 1.165) is 5.56 Å². The highest BCUT2D eigenvalue weighted by atomic mass is 35.5. The molecule has 7 heteroatoms. The summed E-state index contributed by atoms with van der Waals surface area (Å²) in [5, 5.41) is 5.00. The predicted octanol–water partition coefficient (Wildman–Crippen LogP) is 3.94. The van der Waals surface area contributed by atoms with Gasteiger partial charge in [-0.25, -0.2) is 9.07 Å². The third-order valence-electron chi connectivity index (χ3n) is 3.99. The Morgan fingerprint density at radius 2 is 1.88 bits per heavy atom. The standard InChI is InChI=1S/C19H17ClFN3O.ClH/c1-12-8-18(13-6-7-17(21)15(9-13)10-22)23-24(19(12)25)11-14-4-2-3-5-16(14)20;/h2-9H,10-11,22H2,1H3;1H. The molecule has 0 atom stereocenters. The molecule has 0 aliphatic carbocycles. The molecule has 2 N–H and O–H groups in total. The van der Waals surface area contributed by atoms with Gasteiger partial charge in [-0.2, -0.15) is 5.10 Å². The Morgan fingerprint density at radius 3 is 2.58 bits per heavy atom. The lowest BCUT2D eigenvalue weighted by Crippen LogP contribution is -2.26. The smallest absolute Gasteiger partial charge is 0.270 e. The van der Waals surface area contributed by atoms with Crippen molar-refractivity contribution in [2.45, 2.75) is 20.0 Å². The molecule has 0 unspecified atom stereocenters. The highest BCUT2D eigenvalue weighted by molar-refractivity contribution is 6.31. The SMILES string of the molecule is Cc1cc(-c2ccc(F)c(CN)c2)nn(Cc2ccccc2Cl)c1=O.Cl. The summed E-state index contributed by atoms with van der Waals surface area (Å²) in [6.07, 6.45) is 0. The van der Waals surface area contributed by atoms with E-state index >= 15 is 0 Å². The first-order valence-corrected chi connectivity index (χ1v) is 8.18. The van der Waals surface area contributed by atoms with Gasteiger partial charge in [0.2, 0.25) is 0 Å². The van der Waals surface area contributed by atoms with Crippen molar-refractivity contribution in [2.75, 3.05) is 0 Å². The van der Waals surface area contributed by atoms with Gasteiger partial charge in [0, 0.05) is 28.3 Å². The fraction of sp³-hybridized carbons (Fsp3) is 0.158. The van der Waals surface area contributed by atoms with Gasteiger partial charge >= 0.3 is 0 Å². The Bertz CT molecular complexity index is 989. The fourth-order valence-electron chi connectivity index (χ4n) is 2.60. The summed E-state index contributed by atoms with van der Waals surface area (Å²) in [7, 11) is 0. The second-order valence-corrected chi connectivity index (χ2v) is 6.18. The van der Waals surface area contributed by atoms with Crippen molar-refractivity contribution in [3.8, 4) is 11.3 Å². The van der Waals surface area contributed by atoms with Crippen molar-refractivity contribution in [2.24, 2.45) is 5.73 Å². The van der Waals surface area contributed by atoms with E-state index in [-0.39, 0.29) is 36.9 Å². The average Bonchev–Trinajstić information content (AvgIpc) is 2.61. The molecule has 0 spiro atoms. The molecule has 0 fully saturated rings. The summed E-state index contributed by atoms with van der Waals surface area (Å²) in [4.78, 5) is 12.4. The minimum atomic E-state index is -0.354. The maximum Gasteiger partial charge on any atom is 0.270 e. The maximum absolute atomic E-state index is 13.7. The van der Waals surface area contributed by atoms with Crippen LogP contribution in [0.2, 0.25) is 5.02 Å². The summed E-state index contributed by atoms with van der Waals surface area (Å²) in [6, 6.07) is 13.6. The lowest BCUT2D eigenvalue weighted by atomic mass is 10.1. The molecule has 2 aromatic carbocycles. The first-order valence-electron chi connectivity index (χ1n) is 7.80. The Hall–Kier alpha value is -2.21. The number of nitrogens with zero attached hydrogens (tertiary/aromatic N) is 2. The van der Waals surface area contributed by atoms with Crippen LogP contribution in [-0.4, -0.2) is 9.78 Å². The van der Waals surface area contributed by atoms with Gasteiger partial charge in [-0.05, 0) is 42.8 Å². The van der Waals surface area contributed by atoms with Crippen LogP contribution in [-0.2, 0) is 13.1 Å². The van der Waals surface area contributed by atoms with E-state index in [0.29, 0.717) is 27.4 Å². The van der Waals surface area contributed by atoms with Crippen LogP contribution in [0.15, 0.2) is 53.3 Å². The zero-order chi connectivity index (χ0) is 18.0. The first kappa shape index (κ1) is 20.1. The van der Waals surface area contributed by atoms with E-state index in [1.807, 2.05) is 18.2 Å². The third-order valence-corrected chi connectivity index (χ3v) is 4.36. The van der Waals surface area contributed by atoms with Crippen molar-refractivity contribution in [1.82, 2.24) is 9.78 Å². The summed E-state index contributed by atoms with van der Waals surface area (Å²) in [5.41, 5.74) is 8.43. The zero-order valence-corrected chi connectivity index (χ0v) is 15.6. The van der Waals surface area contributed by atoms with Crippen molar-refractivity contribution in [3.63, 3.8) is 0 Å². The lowest BCUT2D eigenvalue weighted by molar-refractivity contribution is 0.610. The number of aromatic nitrogens is 2. The van der Waals surface area contributed by atoms with Gasteiger partial charge in [-0.1, -0.05) is 29.8 Å². The highest BCUT2D eigenvalue weighted by Gasteiger charge is 2.11. The van der Waals surface area contributed by atoms with Gasteiger partial charge in [-0.15, -0.1) is 12.4 Å². The van der Waals surface area contributed by atoms with Crippen molar-refractivity contribution >= 4 is 24.0 Å². The van der Waals surface area contributed by atoms with Gasteiger partial charge in [0.15, 0.2) is 0 Å². The number of hydrogen-bond donors (Lipinski definition) is 1. The van der Waals surface area contributed by atoms with E-state index in [2.05, 4.69) is 5.10 Å². The summed E-state index contributed by atoms with van der Waals surface area (Å²) >= 11 is 6.18. The van der Waals surface area contributed by atoms with Crippen LogP contribution >= 0.6 is 24.0 Å². The van der Waals surface area contributed by atoms with Crippen molar-refractivity contribution < 1.29 is 4.39 Å². The number of hydrogen-bond acceptors (Lipinski definition) is 3. The Balaban J connectivity index is 0.00000243. The molecule has 1 aromatic heterocycles. The quantitative estimate of drug-likeness (QED) is 0.729. The van der Waals surface area contributed by atoms with Gasteiger partial charge in [0.05, 0.1) is 12.2 Å². The summed E-state index contributed by atoms with van der Waals surface area (Å²) < 4.78 is 15.0. The second kappa shape index (κ2) is 8.45. The third kappa shape index (κ3) is 4.12. The Morgan fingerprint density at radius 1 is 1.15 bits per heavy atom. The van der Waals surface area contributed by atoms with Crippen molar-refractivity contribution in [3.05, 3.63) is 86.4 Å². The molecule has 0 amide bonds. The first-order chi connectivity index (χ1) is 12.0. The van der Waals surface area contributed by atoms with Crippen LogP contribution in [0, 0.1) is 12.7 Å². The fourth-order valence-corrected chi connectivity index (χ4v) is 2.80. The average molecular weight is 394 g/mol. The molecule has 0 aliphatic heterocycles. The number of halogens is 3. The number of nitrogens with two attached hydrogens (primary N) is 1. The molecule has 0 aliphatic rings. The number of benzene rings is 2. The molecule has 1 heterocycles. The molecule has 0 saturated carbocycles. The molecular formula is C19H18Cl2FN3O. The van der Waals surface area contributed by atoms with E-state index in [1.165, 1.54) is 10.7 Å². The lowest BCUT2D eigenvalue weighted by Gasteiger charge is -2.11. The van der Waals surface area contributed by atoms with Gasteiger partial charge in [0.1, 0.15) is 5.82 Å². The van der Waals surface area contributed by atoms with Crippen LogP contribution in [0.4, 0.5) is 4.39 Å². The van der Waals surface area contributed by atoms with Crippen LogP contribution in [0.1, 0.15) is 16.7 Å². The normalized spacial score (nSPS) is 10.5. The van der Waals surface area contributed by atoms with Crippen LogP contribution < -0.4 is 11.3 Å². The summed E-state index contributed by atoms with van der Waals surface area (Å²) in [5.74, 6) is -0.354. The van der Waals surface area contributed by atoms with E-state index in [9.17, 15) is 9.18 Å². The molecule has 26 heavy (non-hydrogen) atoms. The minimum Gasteiger partial charge on any atom is -0.326 e. The predicted molar refractivity (Wildman–Crippen MR) is 104 cm³/mol. The molecule has 136 valence electrons. The van der Waals surface area contributed by atoms with Crippen LogP contribution in [0.3, 0.4) is 0 Å². The van der Waals surface area contributed by atoms with E-state index in [1.54, 1.807) is 31.2 Å². The molecule has 0 bridgehead atoms. The maximum atomic E-state index is 13.7. The number of aryl methyl sites for hydroxylation is 1.